The quantitative estimate of drug-likeness (QED) is 0.636. The molecule has 0 spiro atoms. The number of methoxy groups -OCH3 is 1. The molecule has 0 bridgehead atoms. The normalized spacial score (nSPS) is 11.1. The molecule has 8 heteroatoms. The number of carbonyl (C=O) groups excluding carboxylic acids is 1. The fraction of sp³-hybridized carbons (Fsp3) is 0.222. The first-order valence-corrected chi connectivity index (χ1v) is 8.84. The van der Waals surface area contributed by atoms with Crippen LogP contribution in [0.5, 0.6) is 5.75 Å². The smallest absolute Gasteiger partial charge is 0.321 e. The third-order valence-electron chi connectivity index (χ3n) is 3.74. The molecule has 0 unspecified atom stereocenters. The topological polar surface area (TPSA) is 56.1 Å². The number of imidazole rings is 1. The number of alkyl halides is 2. The summed E-state index contributed by atoms with van der Waals surface area (Å²) in [5.41, 5.74) is 1.75. The lowest BCUT2D eigenvalue weighted by Gasteiger charge is -2.08. The number of ether oxygens (including phenoxy) is 1. The Labute approximate surface area is 153 Å². The number of carbonyl (C=O) groups is 1. The number of aromatic nitrogens is 2. The van der Waals surface area contributed by atoms with Crippen molar-refractivity contribution < 1.29 is 18.3 Å². The lowest BCUT2D eigenvalue weighted by Crippen LogP contribution is -2.24. The van der Waals surface area contributed by atoms with Crippen LogP contribution in [0.2, 0.25) is 0 Å². The zero-order chi connectivity index (χ0) is 18.5. The highest BCUT2D eigenvalue weighted by molar-refractivity contribution is 7.99. The fourth-order valence-corrected chi connectivity index (χ4v) is 3.28. The van der Waals surface area contributed by atoms with Crippen molar-refractivity contribution in [1.29, 1.82) is 0 Å². The van der Waals surface area contributed by atoms with Crippen molar-refractivity contribution in [3.63, 3.8) is 0 Å². The minimum atomic E-state index is -2.72. The fourth-order valence-electron chi connectivity index (χ4n) is 2.44. The maximum atomic E-state index is 13.3. The van der Waals surface area contributed by atoms with Gasteiger partial charge in [0.05, 0.1) is 23.9 Å². The average molecular weight is 377 g/mol. The summed E-state index contributed by atoms with van der Waals surface area (Å²) in [6, 6.07) is 14.0. The molecule has 1 aromatic heterocycles. The zero-order valence-electron chi connectivity index (χ0n) is 14.0. The van der Waals surface area contributed by atoms with Crippen molar-refractivity contribution in [2.24, 2.45) is 0 Å². The SMILES string of the molecule is COc1ccc(CNC(=O)CSc2nc3ccccc3n2C(F)F)cc1. The number of amides is 1. The van der Waals surface area contributed by atoms with Crippen LogP contribution in [0, 0.1) is 0 Å². The number of para-hydroxylation sites is 2. The van der Waals surface area contributed by atoms with E-state index in [-0.39, 0.29) is 16.8 Å². The average Bonchev–Trinajstić information content (AvgIpc) is 3.03. The van der Waals surface area contributed by atoms with Crippen LogP contribution in [-0.4, -0.2) is 28.3 Å². The Kier molecular flexibility index (Phi) is 5.72. The standard InChI is InChI=1S/C18H17F2N3O2S/c1-25-13-8-6-12(7-9-13)10-21-16(24)11-26-18-22-14-4-2-3-5-15(14)23(18)17(19)20/h2-9,17H,10-11H2,1H3,(H,21,24). The van der Waals surface area contributed by atoms with E-state index >= 15 is 0 Å². The van der Waals surface area contributed by atoms with Crippen molar-refractivity contribution in [3.05, 3.63) is 54.1 Å². The molecule has 0 radical (unpaired) electrons. The van der Waals surface area contributed by atoms with Gasteiger partial charge in [-0.25, -0.2) is 4.98 Å². The molecule has 1 amide bonds. The molecule has 1 heterocycles. The van der Waals surface area contributed by atoms with E-state index < -0.39 is 6.55 Å². The number of nitrogens with one attached hydrogen (secondary N) is 1. The number of benzene rings is 2. The predicted molar refractivity (Wildman–Crippen MR) is 96.6 cm³/mol. The minimum Gasteiger partial charge on any atom is -0.497 e. The van der Waals surface area contributed by atoms with Gasteiger partial charge >= 0.3 is 6.55 Å². The minimum absolute atomic E-state index is 0.00615. The van der Waals surface area contributed by atoms with Crippen LogP contribution in [-0.2, 0) is 11.3 Å². The van der Waals surface area contributed by atoms with Gasteiger partial charge in [0.25, 0.3) is 0 Å². The van der Waals surface area contributed by atoms with E-state index in [1.807, 2.05) is 12.1 Å². The highest BCUT2D eigenvalue weighted by Crippen LogP contribution is 2.28. The summed E-state index contributed by atoms with van der Waals surface area (Å²) in [5.74, 6) is 0.492. The van der Waals surface area contributed by atoms with Crippen molar-refractivity contribution in [2.45, 2.75) is 18.3 Å². The summed E-state index contributed by atoms with van der Waals surface area (Å²) in [5, 5.41) is 2.89. The Morgan fingerprint density at radius 3 is 2.65 bits per heavy atom. The molecule has 26 heavy (non-hydrogen) atoms. The van der Waals surface area contributed by atoms with Crippen molar-refractivity contribution in [3.8, 4) is 5.75 Å². The van der Waals surface area contributed by atoms with Crippen LogP contribution < -0.4 is 10.1 Å². The zero-order valence-corrected chi connectivity index (χ0v) is 14.8. The summed E-state index contributed by atoms with van der Waals surface area (Å²) in [6.07, 6.45) is 0. The summed E-state index contributed by atoms with van der Waals surface area (Å²) in [4.78, 5) is 16.2. The van der Waals surface area contributed by atoms with E-state index in [9.17, 15) is 13.6 Å². The molecule has 0 aliphatic carbocycles. The van der Waals surface area contributed by atoms with Gasteiger partial charge in [-0.05, 0) is 29.8 Å². The number of halogens is 2. The largest absolute Gasteiger partial charge is 0.497 e. The van der Waals surface area contributed by atoms with Crippen LogP contribution in [0.25, 0.3) is 11.0 Å². The molecule has 0 fully saturated rings. The second-order valence-corrected chi connectivity index (χ2v) is 6.39. The van der Waals surface area contributed by atoms with Gasteiger partial charge in [-0.3, -0.25) is 9.36 Å². The Morgan fingerprint density at radius 1 is 1.23 bits per heavy atom. The molecule has 3 rings (SSSR count). The molecule has 136 valence electrons. The first-order chi connectivity index (χ1) is 12.6. The second kappa shape index (κ2) is 8.18. The summed E-state index contributed by atoms with van der Waals surface area (Å²) >= 11 is 0.990. The Morgan fingerprint density at radius 2 is 1.96 bits per heavy atom. The summed E-state index contributed by atoms with van der Waals surface area (Å²) < 4.78 is 32.6. The van der Waals surface area contributed by atoms with Gasteiger partial charge in [-0.1, -0.05) is 36.0 Å². The predicted octanol–water partition coefficient (Wildman–Crippen LogP) is 3.85. The molecule has 0 aliphatic heterocycles. The summed E-state index contributed by atoms with van der Waals surface area (Å²) in [6.45, 7) is -2.36. The number of hydrogen-bond acceptors (Lipinski definition) is 4. The number of hydrogen-bond donors (Lipinski definition) is 1. The van der Waals surface area contributed by atoms with Crippen molar-refractivity contribution in [2.75, 3.05) is 12.9 Å². The lowest BCUT2D eigenvalue weighted by atomic mass is 10.2. The van der Waals surface area contributed by atoms with Gasteiger partial charge in [0.2, 0.25) is 5.91 Å². The second-order valence-electron chi connectivity index (χ2n) is 5.44. The van der Waals surface area contributed by atoms with Gasteiger partial charge in [0.1, 0.15) is 5.75 Å². The highest BCUT2D eigenvalue weighted by Gasteiger charge is 2.18. The Hall–Kier alpha value is -2.61. The van der Waals surface area contributed by atoms with E-state index in [0.717, 1.165) is 27.6 Å². The first kappa shape index (κ1) is 18.2. The lowest BCUT2D eigenvalue weighted by molar-refractivity contribution is -0.118. The molecule has 0 aliphatic rings. The van der Waals surface area contributed by atoms with E-state index in [1.165, 1.54) is 0 Å². The number of rotatable bonds is 7. The van der Waals surface area contributed by atoms with Gasteiger partial charge in [0.15, 0.2) is 5.16 Å². The number of fused-ring (bicyclic) bond motifs is 1. The van der Waals surface area contributed by atoms with Crippen LogP contribution in [0.15, 0.2) is 53.7 Å². The van der Waals surface area contributed by atoms with Gasteiger partial charge in [-0.15, -0.1) is 0 Å². The molecular formula is C18H17F2N3O2S. The monoisotopic (exact) mass is 377 g/mol. The van der Waals surface area contributed by atoms with E-state index in [0.29, 0.717) is 17.6 Å². The van der Waals surface area contributed by atoms with Crippen molar-refractivity contribution in [1.82, 2.24) is 14.9 Å². The third-order valence-corrected chi connectivity index (χ3v) is 4.69. The van der Waals surface area contributed by atoms with Gasteiger partial charge in [0, 0.05) is 6.54 Å². The molecule has 0 saturated carbocycles. The molecule has 0 atom stereocenters. The maximum Gasteiger partial charge on any atom is 0.321 e. The van der Waals surface area contributed by atoms with E-state index in [1.54, 1.807) is 43.5 Å². The third kappa shape index (κ3) is 4.13. The summed E-state index contributed by atoms with van der Waals surface area (Å²) in [7, 11) is 1.58. The van der Waals surface area contributed by atoms with Crippen LogP contribution in [0.1, 0.15) is 12.1 Å². The van der Waals surface area contributed by atoms with Crippen molar-refractivity contribution >= 4 is 28.7 Å². The van der Waals surface area contributed by atoms with Crippen LogP contribution >= 0.6 is 11.8 Å². The van der Waals surface area contributed by atoms with Crippen LogP contribution in [0.3, 0.4) is 0 Å². The van der Waals surface area contributed by atoms with Crippen LogP contribution in [0.4, 0.5) is 8.78 Å². The Balaban J connectivity index is 1.60. The van der Waals surface area contributed by atoms with Gasteiger partial charge < -0.3 is 10.1 Å². The number of thioether (sulfide) groups is 1. The number of nitrogens with zero attached hydrogens (tertiary/aromatic N) is 2. The molecule has 1 N–H and O–H groups in total. The van der Waals surface area contributed by atoms with E-state index in [2.05, 4.69) is 10.3 Å². The first-order valence-electron chi connectivity index (χ1n) is 7.86. The molecule has 3 aromatic rings. The van der Waals surface area contributed by atoms with Gasteiger partial charge in [-0.2, -0.15) is 8.78 Å². The molecule has 5 nitrogen and oxygen atoms in total. The molecular weight excluding hydrogens is 360 g/mol. The highest BCUT2D eigenvalue weighted by atomic mass is 32.2. The molecule has 2 aromatic carbocycles. The molecule has 0 saturated heterocycles. The maximum absolute atomic E-state index is 13.3. The Bertz CT molecular complexity index is 897. The van der Waals surface area contributed by atoms with E-state index in [4.69, 9.17) is 4.74 Å².